The highest BCUT2D eigenvalue weighted by molar-refractivity contribution is 14.0. The van der Waals surface area contributed by atoms with E-state index in [1.165, 1.54) is 31.4 Å². The molecule has 0 fully saturated rings. The molecular formula is C19H28FIN6. The van der Waals surface area contributed by atoms with Crippen molar-refractivity contribution in [3.63, 3.8) is 0 Å². The molecule has 6 nitrogen and oxygen atoms in total. The van der Waals surface area contributed by atoms with Crippen LogP contribution >= 0.6 is 24.0 Å². The van der Waals surface area contributed by atoms with Crippen molar-refractivity contribution >= 4 is 29.9 Å². The van der Waals surface area contributed by atoms with Crippen molar-refractivity contribution in [3.8, 4) is 0 Å². The molecule has 0 radical (unpaired) electrons. The van der Waals surface area contributed by atoms with Crippen LogP contribution in [0.15, 0.2) is 29.3 Å². The second-order valence-corrected chi connectivity index (χ2v) is 6.58. The van der Waals surface area contributed by atoms with Gasteiger partial charge >= 0.3 is 0 Å². The maximum Gasteiger partial charge on any atom is 0.191 e. The number of rotatable bonds is 6. The number of hydrogen-bond acceptors (Lipinski definition) is 3. The molecule has 1 aliphatic rings. The average Bonchev–Trinajstić information content (AvgIpc) is 2.87. The van der Waals surface area contributed by atoms with Gasteiger partial charge in [-0.1, -0.05) is 18.6 Å². The molecule has 27 heavy (non-hydrogen) atoms. The molecule has 2 heterocycles. The number of aliphatic imine (C=N–C) groups is 1. The molecule has 0 aliphatic carbocycles. The Morgan fingerprint density at radius 2 is 2.11 bits per heavy atom. The zero-order valence-corrected chi connectivity index (χ0v) is 18.1. The minimum atomic E-state index is -0.223. The van der Waals surface area contributed by atoms with Gasteiger partial charge in [0.15, 0.2) is 5.96 Å². The normalized spacial score (nSPS) is 14.1. The summed E-state index contributed by atoms with van der Waals surface area (Å²) < 4.78 is 15.5. The molecule has 2 aromatic rings. The van der Waals surface area contributed by atoms with Crippen LogP contribution in [0.3, 0.4) is 0 Å². The second-order valence-electron chi connectivity index (χ2n) is 6.58. The van der Waals surface area contributed by atoms with Gasteiger partial charge in [-0.05, 0) is 37.0 Å². The van der Waals surface area contributed by atoms with Crippen molar-refractivity contribution in [1.29, 1.82) is 0 Å². The first-order valence-corrected chi connectivity index (χ1v) is 9.36. The molecule has 1 aromatic carbocycles. The third-order valence-electron chi connectivity index (χ3n) is 4.63. The Kier molecular flexibility index (Phi) is 8.96. The molecule has 0 bridgehead atoms. The first-order valence-electron chi connectivity index (χ1n) is 9.36. The van der Waals surface area contributed by atoms with E-state index in [1.807, 2.05) is 6.07 Å². The minimum absolute atomic E-state index is 0. The summed E-state index contributed by atoms with van der Waals surface area (Å²) in [5.41, 5.74) is 0.888. The van der Waals surface area contributed by atoms with E-state index in [1.54, 1.807) is 13.1 Å². The summed E-state index contributed by atoms with van der Waals surface area (Å²) in [7, 11) is 1.74. The minimum Gasteiger partial charge on any atom is -0.356 e. The van der Waals surface area contributed by atoms with Crippen LogP contribution in [0.1, 0.15) is 42.9 Å². The van der Waals surface area contributed by atoms with Gasteiger partial charge in [0.05, 0.1) is 0 Å². The average molecular weight is 486 g/mol. The molecule has 148 valence electrons. The first-order chi connectivity index (χ1) is 12.8. The van der Waals surface area contributed by atoms with Gasteiger partial charge in [0.2, 0.25) is 0 Å². The van der Waals surface area contributed by atoms with E-state index in [2.05, 4.69) is 30.4 Å². The summed E-state index contributed by atoms with van der Waals surface area (Å²) in [6, 6.07) is 6.57. The number of nitrogens with zero attached hydrogens (tertiary/aromatic N) is 4. The molecule has 0 saturated carbocycles. The number of benzene rings is 1. The van der Waals surface area contributed by atoms with Crippen molar-refractivity contribution in [3.05, 3.63) is 47.3 Å². The number of halogens is 2. The predicted molar refractivity (Wildman–Crippen MR) is 116 cm³/mol. The highest BCUT2D eigenvalue weighted by Crippen LogP contribution is 2.15. The van der Waals surface area contributed by atoms with Gasteiger partial charge in [-0.15, -0.1) is 34.2 Å². The lowest BCUT2D eigenvalue weighted by molar-refractivity contribution is 0.593. The predicted octanol–water partition coefficient (Wildman–Crippen LogP) is 3.06. The Labute approximate surface area is 177 Å². The number of aryl methyl sites for hydroxylation is 2. The van der Waals surface area contributed by atoms with Crippen LogP contribution in [0, 0.1) is 5.82 Å². The van der Waals surface area contributed by atoms with E-state index >= 15 is 0 Å². The summed E-state index contributed by atoms with van der Waals surface area (Å²) in [5, 5.41) is 15.2. The van der Waals surface area contributed by atoms with Crippen molar-refractivity contribution in [2.24, 2.45) is 4.99 Å². The SMILES string of the molecule is CN=C(NCCCc1nnc2n1CCCCC2)NCc1cccc(F)c1.I. The van der Waals surface area contributed by atoms with Gasteiger partial charge in [-0.25, -0.2) is 4.39 Å². The van der Waals surface area contributed by atoms with E-state index in [-0.39, 0.29) is 29.8 Å². The molecule has 0 spiro atoms. The fraction of sp³-hybridized carbons (Fsp3) is 0.526. The van der Waals surface area contributed by atoms with Gasteiger partial charge in [0.1, 0.15) is 17.5 Å². The van der Waals surface area contributed by atoms with Crippen molar-refractivity contribution in [2.75, 3.05) is 13.6 Å². The Morgan fingerprint density at radius 3 is 2.93 bits per heavy atom. The lowest BCUT2D eigenvalue weighted by atomic mass is 10.2. The summed E-state index contributed by atoms with van der Waals surface area (Å²) in [4.78, 5) is 4.21. The van der Waals surface area contributed by atoms with Crippen molar-refractivity contribution < 1.29 is 4.39 Å². The Balaban J connectivity index is 0.00000261. The summed E-state index contributed by atoms with van der Waals surface area (Å²) in [5.74, 6) is 2.72. The standard InChI is InChI=1S/C19H27FN6.HI/c1-21-19(23-14-15-7-5-8-16(20)13-15)22-11-6-10-18-25-24-17-9-3-2-4-12-26(17)18;/h5,7-8,13H,2-4,6,9-12,14H2,1H3,(H2,21,22,23);1H. The number of aromatic nitrogens is 3. The Hall–Kier alpha value is -1.71. The fourth-order valence-corrected chi connectivity index (χ4v) is 3.24. The highest BCUT2D eigenvalue weighted by Gasteiger charge is 2.14. The Bertz CT molecular complexity index is 746. The topological polar surface area (TPSA) is 67.1 Å². The van der Waals surface area contributed by atoms with Crippen LogP contribution in [0.2, 0.25) is 0 Å². The summed E-state index contributed by atoms with van der Waals surface area (Å²) in [6.07, 6.45) is 6.61. The van der Waals surface area contributed by atoms with Gasteiger partial charge in [-0.2, -0.15) is 0 Å². The highest BCUT2D eigenvalue weighted by atomic mass is 127. The lowest BCUT2D eigenvalue weighted by Gasteiger charge is -2.12. The Morgan fingerprint density at radius 1 is 1.22 bits per heavy atom. The molecule has 2 N–H and O–H groups in total. The summed E-state index contributed by atoms with van der Waals surface area (Å²) in [6.45, 7) is 2.38. The smallest absolute Gasteiger partial charge is 0.191 e. The number of fused-ring (bicyclic) bond motifs is 1. The fourth-order valence-electron chi connectivity index (χ4n) is 3.24. The third-order valence-corrected chi connectivity index (χ3v) is 4.63. The van der Waals surface area contributed by atoms with Crippen LogP contribution in [0.25, 0.3) is 0 Å². The van der Waals surface area contributed by atoms with E-state index in [0.717, 1.165) is 49.6 Å². The molecule has 0 saturated heterocycles. The molecular weight excluding hydrogens is 458 g/mol. The van der Waals surface area contributed by atoms with Gasteiger partial charge < -0.3 is 15.2 Å². The van der Waals surface area contributed by atoms with E-state index < -0.39 is 0 Å². The molecule has 0 amide bonds. The van der Waals surface area contributed by atoms with E-state index in [9.17, 15) is 4.39 Å². The largest absolute Gasteiger partial charge is 0.356 e. The first kappa shape index (κ1) is 21.6. The quantitative estimate of drug-likeness (QED) is 0.285. The number of hydrogen-bond donors (Lipinski definition) is 2. The monoisotopic (exact) mass is 486 g/mol. The van der Waals surface area contributed by atoms with Gasteiger partial charge in [0.25, 0.3) is 0 Å². The number of nitrogens with one attached hydrogen (secondary N) is 2. The third kappa shape index (κ3) is 6.44. The molecule has 0 atom stereocenters. The molecule has 1 aliphatic heterocycles. The lowest BCUT2D eigenvalue weighted by Crippen LogP contribution is -2.37. The van der Waals surface area contributed by atoms with Crippen LogP contribution in [0.4, 0.5) is 4.39 Å². The van der Waals surface area contributed by atoms with Crippen LogP contribution in [0.5, 0.6) is 0 Å². The molecule has 3 rings (SSSR count). The maximum atomic E-state index is 13.2. The molecule has 0 unspecified atom stereocenters. The van der Waals surface area contributed by atoms with E-state index in [0.29, 0.717) is 12.5 Å². The number of guanidine groups is 1. The van der Waals surface area contributed by atoms with Crippen LogP contribution in [-0.4, -0.2) is 34.3 Å². The summed E-state index contributed by atoms with van der Waals surface area (Å²) >= 11 is 0. The second kappa shape index (κ2) is 11.2. The van der Waals surface area contributed by atoms with Gasteiger partial charge in [-0.3, -0.25) is 4.99 Å². The molecule has 1 aromatic heterocycles. The zero-order chi connectivity index (χ0) is 18.2. The van der Waals surface area contributed by atoms with Crippen LogP contribution < -0.4 is 10.6 Å². The van der Waals surface area contributed by atoms with Crippen LogP contribution in [-0.2, 0) is 25.9 Å². The maximum absolute atomic E-state index is 13.2. The van der Waals surface area contributed by atoms with Gasteiger partial charge in [0, 0.05) is 39.5 Å². The molecule has 8 heteroatoms. The van der Waals surface area contributed by atoms with E-state index in [4.69, 9.17) is 0 Å². The van der Waals surface area contributed by atoms with Crippen molar-refractivity contribution in [1.82, 2.24) is 25.4 Å². The zero-order valence-electron chi connectivity index (χ0n) is 15.7. The van der Waals surface area contributed by atoms with Crippen molar-refractivity contribution in [2.45, 2.75) is 51.6 Å².